The molecule has 1 atom stereocenters. The highest BCUT2D eigenvalue weighted by atomic mass is 15.2. The Hall–Kier alpha value is -6.44. The van der Waals surface area contributed by atoms with E-state index in [0.29, 0.717) is 0 Å². The molecule has 7 aromatic carbocycles. The Morgan fingerprint density at radius 2 is 1.14 bits per heavy atom. The Balaban J connectivity index is 1.35. The van der Waals surface area contributed by atoms with E-state index in [1.807, 2.05) is 0 Å². The van der Waals surface area contributed by atoms with E-state index >= 15 is 0 Å². The second-order valence-electron chi connectivity index (χ2n) is 15.7. The third-order valence-corrected chi connectivity index (χ3v) is 12.4. The van der Waals surface area contributed by atoms with E-state index in [-0.39, 0.29) is 10.8 Å². The van der Waals surface area contributed by atoms with Crippen LogP contribution < -0.4 is 4.90 Å². The van der Waals surface area contributed by atoms with Crippen LogP contribution in [0.25, 0.3) is 39.0 Å². The van der Waals surface area contributed by atoms with Crippen LogP contribution in [-0.4, -0.2) is 0 Å². The maximum Gasteiger partial charge on any atom is 0.0540 e. The first-order valence-corrected chi connectivity index (χ1v) is 19.8. The molecule has 0 saturated carbocycles. The maximum atomic E-state index is 4.55. The summed E-state index contributed by atoms with van der Waals surface area (Å²) in [4.78, 5) is 2.48. The third kappa shape index (κ3) is 5.45. The average Bonchev–Trinajstić information content (AvgIpc) is 3.65. The Morgan fingerprint density at radius 1 is 0.554 bits per heavy atom. The maximum absolute atomic E-state index is 4.55. The van der Waals surface area contributed by atoms with Crippen molar-refractivity contribution in [1.29, 1.82) is 0 Å². The molecule has 0 bridgehead atoms. The van der Waals surface area contributed by atoms with Crippen molar-refractivity contribution in [2.24, 2.45) is 0 Å². The van der Waals surface area contributed by atoms with E-state index in [2.05, 4.69) is 227 Å². The Labute approximate surface area is 332 Å². The lowest BCUT2D eigenvalue weighted by Gasteiger charge is -2.33. The first-order valence-electron chi connectivity index (χ1n) is 19.8. The van der Waals surface area contributed by atoms with Gasteiger partial charge in [-0.15, -0.1) is 0 Å². The molecular formula is C55H47N. The predicted octanol–water partition coefficient (Wildman–Crippen LogP) is 14.7. The standard InChI is InChI=1S/C55H47N/c1-6-8-26-41(38-22-11-9-12-23-38)51(7-2)56(40-35-36-43-42-27-15-19-32-48(42)55(5,50(43)37-40)39-24-13-10-14-25-39)52-34-20-17-28-44(52)45-30-21-33-49-53(45)46-29-16-18-31-47(46)54(49,3)4/h6-25,27-37H,2,26H2,1,3-5H3/b8-6-,51-41-. The molecule has 2 aliphatic carbocycles. The predicted molar refractivity (Wildman–Crippen MR) is 238 cm³/mol. The van der Waals surface area contributed by atoms with Gasteiger partial charge in [0.25, 0.3) is 0 Å². The van der Waals surface area contributed by atoms with Gasteiger partial charge in [0.2, 0.25) is 0 Å². The van der Waals surface area contributed by atoms with Gasteiger partial charge < -0.3 is 4.90 Å². The van der Waals surface area contributed by atoms with Crippen LogP contribution in [0.3, 0.4) is 0 Å². The molecule has 2 aliphatic rings. The number of para-hydroxylation sites is 1. The molecule has 1 unspecified atom stereocenters. The summed E-state index contributed by atoms with van der Waals surface area (Å²) in [6.07, 6.45) is 7.23. The highest BCUT2D eigenvalue weighted by molar-refractivity contribution is 5.98. The van der Waals surface area contributed by atoms with Crippen molar-refractivity contribution in [2.75, 3.05) is 4.90 Å². The highest BCUT2D eigenvalue weighted by Crippen LogP contribution is 2.56. The van der Waals surface area contributed by atoms with Gasteiger partial charge >= 0.3 is 0 Å². The lowest BCUT2D eigenvalue weighted by molar-refractivity contribution is 0.660. The van der Waals surface area contributed by atoms with Crippen LogP contribution >= 0.6 is 0 Å². The minimum Gasteiger partial charge on any atom is -0.310 e. The minimum absolute atomic E-state index is 0.105. The number of benzene rings is 7. The van der Waals surface area contributed by atoms with Crippen LogP contribution in [0.5, 0.6) is 0 Å². The molecule has 0 saturated heterocycles. The van der Waals surface area contributed by atoms with Gasteiger partial charge in [-0.2, -0.15) is 0 Å². The summed E-state index contributed by atoms with van der Waals surface area (Å²) in [6.45, 7) is 13.8. The quantitative estimate of drug-likeness (QED) is 0.106. The number of fused-ring (bicyclic) bond motifs is 6. The van der Waals surface area contributed by atoms with Crippen molar-refractivity contribution in [1.82, 2.24) is 0 Å². The second kappa shape index (κ2) is 14.0. The molecule has 272 valence electrons. The van der Waals surface area contributed by atoms with Gasteiger partial charge in [-0.3, -0.25) is 0 Å². The fourth-order valence-electron chi connectivity index (χ4n) is 9.58. The molecule has 0 aromatic heterocycles. The van der Waals surface area contributed by atoms with Crippen LogP contribution in [-0.2, 0) is 10.8 Å². The monoisotopic (exact) mass is 721 g/mol. The normalized spacial score (nSPS) is 16.4. The smallest absolute Gasteiger partial charge is 0.0540 e. The van der Waals surface area contributed by atoms with E-state index in [4.69, 9.17) is 0 Å². The molecular weight excluding hydrogens is 675 g/mol. The van der Waals surface area contributed by atoms with Crippen molar-refractivity contribution in [3.8, 4) is 33.4 Å². The van der Waals surface area contributed by atoms with E-state index in [1.54, 1.807) is 0 Å². The summed E-state index contributed by atoms with van der Waals surface area (Å²) in [5.74, 6) is 0. The lowest BCUT2D eigenvalue weighted by Crippen LogP contribution is -2.23. The summed E-state index contributed by atoms with van der Waals surface area (Å²) in [5, 5.41) is 0. The van der Waals surface area contributed by atoms with Gasteiger partial charge in [-0.1, -0.05) is 184 Å². The SMILES string of the molecule is C=C/C(=C(\C/C=C\C)c1ccccc1)N(c1ccc2c(c1)C(C)(c1ccccc1)c1ccccc1-2)c1ccccc1-c1cccc2c1-c1ccccc1C2(C)C. The molecule has 7 aromatic rings. The average molecular weight is 722 g/mol. The molecule has 0 fully saturated rings. The fourth-order valence-corrected chi connectivity index (χ4v) is 9.58. The van der Waals surface area contributed by atoms with Gasteiger partial charge in [0, 0.05) is 27.8 Å². The Kier molecular flexibility index (Phi) is 8.82. The summed E-state index contributed by atoms with van der Waals surface area (Å²) in [7, 11) is 0. The van der Waals surface area contributed by atoms with Crippen molar-refractivity contribution >= 4 is 16.9 Å². The molecule has 0 aliphatic heterocycles. The topological polar surface area (TPSA) is 3.24 Å². The number of hydrogen-bond acceptors (Lipinski definition) is 1. The van der Waals surface area contributed by atoms with Gasteiger partial charge in [-0.05, 0) is 111 Å². The number of hydrogen-bond donors (Lipinski definition) is 0. The van der Waals surface area contributed by atoms with Crippen LogP contribution in [0.1, 0.15) is 67.5 Å². The third-order valence-electron chi connectivity index (χ3n) is 12.4. The molecule has 0 radical (unpaired) electrons. The van der Waals surface area contributed by atoms with Crippen molar-refractivity contribution in [2.45, 2.75) is 44.9 Å². The fraction of sp³-hybridized carbons (Fsp3) is 0.127. The van der Waals surface area contributed by atoms with E-state index in [9.17, 15) is 0 Å². The van der Waals surface area contributed by atoms with Crippen molar-refractivity contribution in [3.63, 3.8) is 0 Å². The van der Waals surface area contributed by atoms with Gasteiger partial charge in [-0.25, -0.2) is 0 Å². The summed E-state index contributed by atoms with van der Waals surface area (Å²) in [6, 6.07) is 62.7. The van der Waals surface area contributed by atoms with E-state index in [0.717, 1.165) is 23.5 Å². The van der Waals surface area contributed by atoms with Crippen molar-refractivity contribution < 1.29 is 0 Å². The summed E-state index contributed by atoms with van der Waals surface area (Å²) >= 11 is 0. The molecule has 1 nitrogen and oxygen atoms in total. The zero-order valence-corrected chi connectivity index (χ0v) is 32.8. The zero-order valence-electron chi connectivity index (χ0n) is 32.8. The Bertz CT molecular complexity index is 2670. The lowest BCUT2D eigenvalue weighted by atomic mass is 9.74. The van der Waals surface area contributed by atoms with Gasteiger partial charge in [0.15, 0.2) is 0 Å². The number of nitrogens with zero attached hydrogens (tertiary/aromatic N) is 1. The molecule has 0 amide bonds. The molecule has 9 rings (SSSR count). The van der Waals surface area contributed by atoms with Crippen LogP contribution in [0, 0.1) is 0 Å². The van der Waals surface area contributed by atoms with E-state index in [1.165, 1.54) is 72.3 Å². The van der Waals surface area contributed by atoms with Gasteiger partial charge in [0.05, 0.1) is 5.69 Å². The molecule has 0 N–H and O–H groups in total. The summed E-state index contributed by atoms with van der Waals surface area (Å²) < 4.78 is 0. The number of rotatable bonds is 9. The van der Waals surface area contributed by atoms with Crippen LogP contribution in [0.2, 0.25) is 0 Å². The second-order valence-corrected chi connectivity index (χ2v) is 15.7. The van der Waals surface area contributed by atoms with Crippen LogP contribution in [0.4, 0.5) is 11.4 Å². The molecule has 1 heteroatoms. The zero-order chi connectivity index (χ0) is 38.4. The van der Waals surface area contributed by atoms with Crippen molar-refractivity contribution in [3.05, 3.63) is 234 Å². The van der Waals surface area contributed by atoms with E-state index < -0.39 is 0 Å². The molecule has 56 heavy (non-hydrogen) atoms. The van der Waals surface area contributed by atoms with Crippen LogP contribution in [0.15, 0.2) is 200 Å². The number of anilines is 2. The first kappa shape index (κ1) is 35.3. The minimum atomic E-state index is -0.338. The number of allylic oxidation sites excluding steroid dienone is 4. The largest absolute Gasteiger partial charge is 0.310 e. The first-order chi connectivity index (χ1) is 27.4. The Morgan fingerprint density at radius 3 is 1.88 bits per heavy atom. The highest BCUT2D eigenvalue weighted by Gasteiger charge is 2.41. The molecule has 0 spiro atoms. The molecule has 0 heterocycles. The van der Waals surface area contributed by atoms with Gasteiger partial charge in [0.1, 0.15) is 0 Å². The summed E-state index contributed by atoms with van der Waals surface area (Å²) in [5.41, 5.74) is 19.5.